The van der Waals surface area contributed by atoms with Crippen LogP contribution in [0.3, 0.4) is 0 Å². The van der Waals surface area contributed by atoms with Crippen LogP contribution in [0.5, 0.6) is 0 Å². The highest BCUT2D eigenvalue weighted by molar-refractivity contribution is 8.00. The average molecular weight is 189 g/mol. The van der Waals surface area contributed by atoms with Gasteiger partial charge in [0.15, 0.2) is 0 Å². The van der Waals surface area contributed by atoms with Gasteiger partial charge >= 0.3 is 0 Å². The van der Waals surface area contributed by atoms with Gasteiger partial charge in [-0.2, -0.15) is 0 Å². The van der Waals surface area contributed by atoms with Crippen LogP contribution in [0.25, 0.3) is 0 Å². The monoisotopic (exact) mass is 189 g/mol. The topological polar surface area (TPSA) is 20.3 Å². The number of carbonyl (C=O) groups excluding carboxylic acids is 1. The minimum atomic E-state index is -0.764. The third-order valence-electron chi connectivity index (χ3n) is 2.35. The number of thioether (sulfide) groups is 1. The number of likely N-dealkylation sites (tertiary alicyclic amines) is 1. The summed E-state index contributed by atoms with van der Waals surface area (Å²) in [5.74, 6) is 1.25. The van der Waals surface area contributed by atoms with Gasteiger partial charge in [-0.3, -0.25) is 4.79 Å². The number of hydrogen-bond donors (Lipinski definition) is 0. The van der Waals surface area contributed by atoms with Crippen molar-refractivity contribution in [3.05, 3.63) is 0 Å². The Morgan fingerprint density at radius 2 is 2.25 bits per heavy atom. The minimum absolute atomic E-state index is 0.137. The predicted molar refractivity (Wildman–Crippen MR) is 47.0 cm³/mol. The first-order valence-electron chi connectivity index (χ1n) is 4.32. The quantitative estimate of drug-likeness (QED) is 0.615. The molecule has 2 fully saturated rings. The second kappa shape index (κ2) is 3.24. The highest BCUT2D eigenvalue weighted by Gasteiger charge is 2.35. The summed E-state index contributed by atoms with van der Waals surface area (Å²) in [6, 6.07) is 0. The zero-order valence-corrected chi connectivity index (χ0v) is 7.65. The lowest BCUT2D eigenvalue weighted by atomic mass is 10.1. The number of hydrogen-bond acceptors (Lipinski definition) is 2. The van der Waals surface area contributed by atoms with Gasteiger partial charge in [-0.1, -0.05) is 0 Å². The number of rotatable bonds is 1. The van der Waals surface area contributed by atoms with Gasteiger partial charge in [-0.25, -0.2) is 4.39 Å². The van der Waals surface area contributed by atoms with Crippen LogP contribution in [-0.4, -0.2) is 41.1 Å². The van der Waals surface area contributed by atoms with Gasteiger partial charge in [0.05, 0.1) is 18.3 Å². The van der Waals surface area contributed by atoms with Crippen molar-refractivity contribution >= 4 is 17.7 Å². The zero-order chi connectivity index (χ0) is 8.55. The van der Waals surface area contributed by atoms with E-state index in [1.54, 1.807) is 16.7 Å². The molecule has 0 N–H and O–H groups in total. The highest BCUT2D eigenvalue weighted by Crippen LogP contribution is 2.29. The molecule has 0 saturated carbocycles. The average Bonchev–Trinajstić information content (AvgIpc) is 2.49. The summed E-state index contributed by atoms with van der Waals surface area (Å²) in [5.41, 5.74) is 0. The summed E-state index contributed by atoms with van der Waals surface area (Å²) >= 11 is 1.72. The molecule has 68 valence electrons. The molecule has 2 aliphatic heterocycles. The molecule has 2 rings (SSSR count). The van der Waals surface area contributed by atoms with Crippen molar-refractivity contribution in [2.45, 2.75) is 24.3 Å². The van der Waals surface area contributed by atoms with Crippen molar-refractivity contribution in [2.24, 2.45) is 0 Å². The number of amides is 1. The van der Waals surface area contributed by atoms with Crippen LogP contribution >= 0.6 is 11.8 Å². The van der Waals surface area contributed by atoms with Crippen LogP contribution in [0.1, 0.15) is 12.8 Å². The first-order valence-corrected chi connectivity index (χ1v) is 5.36. The Hall–Kier alpha value is -0.250. The molecule has 0 aliphatic carbocycles. The molecule has 2 nitrogen and oxygen atoms in total. The fourth-order valence-corrected chi connectivity index (χ4v) is 2.82. The molecule has 0 aromatic heterocycles. The smallest absolute Gasteiger partial charge is 0.235 e. The minimum Gasteiger partial charge on any atom is -0.336 e. The summed E-state index contributed by atoms with van der Waals surface area (Å²) in [6.45, 7) is 0.659. The van der Waals surface area contributed by atoms with Gasteiger partial charge < -0.3 is 4.90 Å². The van der Waals surface area contributed by atoms with Crippen molar-refractivity contribution in [1.82, 2.24) is 4.90 Å². The molecular weight excluding hydrogens is 177 g/mol. The summed E-state index contributed by atoms with van der Waals surface area (Å²) in [7, 11) is 0. The molecule has 2 aliphatic rings. The Balaban J connectivity index is 1.83. The molecule has 4 heteroatoms. The lowest BCUT2D eigenvalue weighted by molar-refractivity contribution is -0.137. The molecule has 0 radical (unpaired) electrons. The first-order chi connectivity index (χ1) is 5.77. The SMILES string of the molecule is O=C(C1CCCS1)N1CC(F)C1. The van der Waals surface area contributed by atoms with Gasteiger partial charge in [0.2, 0.25) is 5.91 Å². The second-order valence-electron chi connectivity index (χ2n) is 3.34. The highest BCUT2D eigenvalue weighted by atomic mass is 32.2. The molecule has 0 aromatic rings. The Bertz CT molecular complexity index is 187. The third-order valence-corrected chi connectivity index (χ3v) is 3.72. The molecule has 2 saturated heterocycles. The standard InChI is InChI=1S/C8H12FNOS/c9-6-4-10(5-6)8(11)7-2-1-3-12-7/h6-7H,1-5H2. The van der Waals surface area contributed by atoms with Gasteiger partial charge in [0.1, 0.15) is 6.17 Å². The molecule has 1 unspecified atom stereocenters. The number of alkyl halides is 1. The van der Waals surface area contributed by atoms with Crippen molar-refractivity contribution in [2.75, 3.05) is 18.8 Å². The van der Waals surface area contributed by atoms with Crippen molar-refractivity contribution in [1.29, 1.82) is 0 Å². The van der Waals surface area contributed by atoms with Crippen LogP contribution in [0, 0.1) is 0 Å². The molecule has 0 spiro atoms. The third kappa shape index (κ3) is 1.44. The zero-order valence-electron chi connectivity index (χ0n) is 6.83. The van der Waals surface area contributed by atoms with E-state index < -0.39 is 6.17 Å². The predicted octanol–water partition coefficient (Wildman–Crippen LogP) is 1.06. The number of carbonyl (C=O) groups is 1. The van der Waals surface area contributed by atoms with Crippen molar-refractivity contribution in [3.63, 3.8) is 0 Å². The maximum atomic E-state index is 12.4. The Kier molecular flexibility index (Phi) is 2.26. The van der Waals surface area contributed by atoms with E-state index in [1.165, 1.54) is 0 Å². The maximum absolute atomic E-state index is 12.4. The van der Waals surface area contributed by atoms with Crippen LogP contribution in [0.2, 0.25) is 0 Å². The van der Waals surface area contributed by atoms with E-state index in [4.69, 9.17) is 0 Å². The lowest BCUT2D eigenvalue weighted by Gasteiger charge is -2.35. The van der Waals surface area contributed by atoms with Crippen molar-refractivity contribution in [3.8, 4) is 0 Å². The number of nitrogens with zero attached hydrogens (tertiary/aromatic N) is 1. The molecule has 1 amide bonds. The normalized spacial score (nSPS) is 30.4. The Labute approximate surface area is 75.5 Å². The van der Waals surface area contributed by atoms with E-state index in [-0.39, 0.29) is 11.2 Å². The van der Waals surface area contributed by atoms with E-state index in [2.05, 4.69) is 0 Å². The molecule has 0 bridgehead atoms. The van der Waals surface area contributed by atoms with Crippen molar-refractivity contribution < 1.29 is 9.18 Å². The van der Waals surface area contributed by atoms with Crippen LogP contribution in [-0.2, 0) is 4.79 Å². The summed E-state index contributed by atoms with van der Waals surface area (Å²) in [5, 5.41) is 0.137. The van der Waals surface area contributed by atoms with Gasteiger partial charge in [-0.15, -0.1) is 11.8 Å². The first kappa shape index (κ1) is 8.35. The Morgan fingerprint density at radius 1 is 1.50 bits per heavy atom. The van der Waals surface area contributed by atoms with Crippen LogP contribution < -0.4 is 0 Å². The fraction of sp³-hybridized carbons (Fsp3) is 0.875. The molecular formula is C8H12FNOS. The van der Waals surface area contributed by atoms with Crippen LogP contribution in [0.15, 0.2) is 0 Å². The number of halogens is 1. The van der Waals surface area contributed by atoms with E-state index in [9.17, 15) is 9.18 Å². The van der Waals surface area contributed by atoms with Gasteiger partial charge in [0, 0.05) is 0 Å². The van der Waals surface area contributed by atoms with E-state index in [0.29, 0.717) is 13.1 Å². The molecule has 1 atom stereocenters. The summed E-state index contributed by atoms with van der Waals surface area (Å²) in [4.78, 5) is 13.1. The Morgan fingerprint density at radius 3 is 2.75 bits per heavy atom. The molecule has 0 aromatic carbocycles. The largest absolute Gasteiger partial charge is 0.336 e. The fourth-order valence-electron chi connectivity index (χ4n) is 1.58. The van der Waals surface area contributed by atoms with E-state index in [1.807, 2.05) is 0 Å². The molecule has 2 heterocycles. The maximum Gasteiger partial charge on any atom is 0.235 e. The van der Waals surface area contributed by atoms with E-state index in [0.717, 1.165) is 18.6 Å². The lowest BCUT2D eigenvalue weighted by Crippen LogP contribution is -2.53. The summed E-state index contributed by atoms with van der Waals surface area (Å²) in [6.07, 6.45) is 1.35. The second-order valence-corrected chi connectivity index (χ2v) is 4.65. The summed E-state index contributed by atoms with van der Waals surface area (Å²) < 4.78 is 12.4. The van der Waals surface area contributed by atoms with Crippen LogP contribution in [0.4, 0.5) is 4.39 Å². The molecule has 12 heavy (non-hydrogen) atoms. The van der Waals surface area contributed by atoms with E-state index >= 15 is 0 Å². The van der Waals surface area contributed by atoms with Gasteiger partial charge in [-0.05, 0) is 18.6 Å². The van der Waals surface area contributed by atoms with Gasteiger partial charge in [0.25, 0.3) is 0 Å².